The average Bonchev–Trinajstić information content (AvgIpc) is 2.69. The highest BCUT2D eigenvalue weighted by Gasteiger charge is 2.36. The Kier molecular flexibility index (Phi) is 4.74. The van der Waals surface area contributed by atoms with Gasteiger partial charge in [0.1, 0.15) is 5.60 Å². The Labute approximate surface area is 170 Å². The van der Waals surface area contributed by atoms with Crippen molar-refractivity contribution in [3.8, 4) is 11.3 Å². The summed E-state index contributed by atoms with van der Waals surface area (Å²) in [6, 6.07) is 14.9. The quantitative estimate of drug-likeness (QED) is 0.741. The number of rotatable bonds is 4. The molecule has 0 saturated carbocycles. The second-order valence-electron chi connectivity index (χ2n) is 8.76. The van der Waals surface area contributed by atoms with Crippen LogP contribution in [-0.4, -0.2) is 32.7 Å². The molecule has 0 spiro atoms. The average molecular weight is 390 g/mol. The van der Waals surface area contributed by atoms with Crippen molar-refractivity contribution in [1.82, 2.24) is 14.5 Å². The molecular weight excluding hydrogens is 364 g/mol. The summed E-state index contributed by atoms with van der Waals surface area (Å²) in [5.41, 5.74) is 1.02. The number of anilines is 1. The van der Waals surface area contributed by atoms with Crippen molar-refractivity contribution in [2.75, 3.05) is 18.0 Å². The highest BCUT2D eigenvalue weighted by molar-refractivity contribution is 5.59. The zero-order valence-corrected chi connectivity index (χ0v) is 17.0. The van der Waals surface area contributed by atoms with Gasteiger partial charge in [0.05, 0.1) is 12.2 Å². The maximum atomic E-state index is 12.9. The lowest BCUT2D eigenvalue weighted by atomic mass is 9.89. The van der Waals surface area contributed by atoms with E-state index in [0.29, 0.717) is 31.3 Å². The molecule has 2 aromatic heterocycles. The van der Waals surface area contributed by atoms with Crippen LogP contribution in [0.15, 0.2) is 65.7 Å². The van der Waals surface area contributed by atoms with E-state index in [9.17, 15) is 9.90 Å². The number of nitrogens with zero attached hydrogens (tertiary/aromatic N) is 4. The van der Waals surface area contributed by atoms with Gasteiger partial charge in [-0.2, -0.15) is 0 Å². The third-order valence-corrected chi connectivity index (χ3v) is 5.35. The first-order chi connectivity index (χ1) is 13.8. The number of pyridine rings is 1. The van der Waals surface area contributed by atoms with Gasteiger partial charge < -0.3 is 10.0 Å². The summed E-state index contributed by atoms with van der Waals surface area (Å²) in [4.78, 5) is 23.8. The molecule has 1 aliphatic rings. The molecule has 29 heavy (non-hydrogen) atoms. The Hall–Kier alpha value is -2.99. The van der Waals surface area contributed by atoms with Gasteiger partial charge in [0.15, 0.2) is 0 Å². The van der Waals surface area contributed by atoms with Gasteiger partial charge in [-0.25, -0.2) is 4.98 Å². The van der Waals surface area contributed by atoms with Crippen molar-refractivity contribution in [3.63, 3.8) is 0 Å². The molecule has 0 amide bonds. The van der Waals surface area contributed by atoms with Crippen molar-refractivity contribution in [2.45, 2.75) is 32.9 Å². The van der Waals surface area contributed by atoms with Crippen LogP contribution < -0.4 is 10.5 Å². The zero-order chi connectivity index (χ0) is 20.6. The SMILES string of the molecule is CC1(C)CN(CC(C)(O)c2ccccc2)c2nc(-c3ccncc3)cc(=O)n2C1. The molecule has 6 heteroatoms. The standard InChI is InChI=1S/C23H26N4O2/c1-22(2)14-26(16-23(3,29)18-7-5-4-6-8-18)21-25-19(13-20(28)27(21)15-22)17-9-11-24-12-10-17/h4-13,29H,14-16H2,1-3H3. The lowest BCUT2D eigenvalue weighted by Gasteiger charge is -2.43. The predicted molar refractivity (Wildman–Crippen MR) is 114 cm³/mol. The largest absolute Gasteiger partial charge is 0.384 e. The number of hydrogen-bond donors (Lipinski definition) is 1. The monoisotopic (exact) mass is 390 g/mol. The number of fused-ring (bicyclic) bond motifs is 1. The molecule has 3 heterocycles. The van der Waals surface area contributed by atoms with E-state index >= 15 is 0 Å². The van der Waals surface area contributed by atoms with E-state index in [0.717, 1.165) is 11.1 Å². The predicted octanol–water partition coefficient (Wildman–Crippen LogP) is 3.06. The van der Waals surface area contributed by atoms with Crippen LogP contribution >= 0.6 is 0 Å². The van der Waals surface area contributed by atoms with Gasteiger partial charge in [-0.1, -0.05) is 44.2 Å². The second kappa shape index (κ2) is 7.12. The van der Waals surface area contributed by atoms with E-state index in [1.54, 1.807) is 30.0 Å². The lowest BCUT2D eigenvalue weighted by molar-refractivity contribution is 0.0599. The van der Waals surface area contributed by atoms with Crippen molar-refractivity contribution in [3.05, 3.63) is 76.8 Å². The van der Waals surface area contributed by atoms with Gasteiger partial charge in [-0.3, -0.25) is 14.3 Å². The van der Waals surface area contributed by atoms with Crippen molar-refractivity contribution >= 4 is 5.95 Å². The normalized spacial score (nSPS) is 17.4. The molecule has 1 unspecified atom stereocenters. The molecule has 0 fully saturated rings. The first-order valence-corrected chi connectivity index (χ1v) is 9.80. The van der Waals surface area contributed by atoms with E-state index in [1.165, 1.54) is 0 Å². The van der Waals surface area contributed by atoms with Crippen LogP contribution in [0.25, 0.3) is 11.3 Å². The van der Waals surface area contributed by atoms with Crippen molar-refractivity contribution in [1.29, 1.82) is 0 Å². The molecule has 3 aromatic rings. The number of β-amino-alcohol motifs (C(OH)–C–C–N with tert-alkyl or cyclic N) is 1. The molecule has 150 valence electrons. The first kappa shape index (κ1) is 19.3. The van der Waals surface area contributed by atoms with E-state index < -0.39 is 5.60 Å². The molecule has 0 radical (unpaired) electrons. The molecule has 6 nitrogen and oxygen atoms in total. The highest BCUT2D eigenvalue weighted by Crippen LogP contribution is 2.33. The van der Waals surface area contributed by atoms with Gasteiger partial charge in [0.2, 0.25) is 5.95 Å². The Bertz CT molecular complexity index is 1060. The summed E-state index contributed by atoms with van der Waals surface area (Å²) in [5.74, 6) is 0.597. The Morgan fingerprint density at radius 1 is 1.10 bits per heavy atom. The second-order valence-corrected chi connectivity index (χ2v) is 8.76. The molecule has 1 atom stereocenters. The van der Waals surface area contributed by atoms with Crippen LogP contribution in [0.4, 0.5) is 5.95 Å². The van der Waals surface area contributed by atoms with Crippen LogP contribution in [0.5, 0.6) is 0 Å². The fourth-order valence-corrected chi connectivity index (χ4v) is 4.01. The van der Waals surface area contributed by atoms with Crippen LogP contribution in [0.1, 0.15) is 26.3 Å². The Balaban J connectivity index is 1.78. The van der Waals surface area contributed by atoms with E-state index in [4.69, 9.17) is 4.98 Å². The summed E-state index contributed by atoms with van der Waals surface area (Å²) in [6.45, 7) is 7.69. The maximum absolute atomic E-state index is 12.9. The van der Waals surface area contributed by atoms with Gasteiger partial charge in [0.25, 0.3) is 5.56 Å². The molecule has 0 saturated heterocycles. The van der Waals surface area contributed by atoms with E-state index in [1.807, 2.05) is 47.4 Å². The Morgan fingerprint density at radius 2 is 1.79 bits per heavy atom. The molecule has 0 bridgehead atoms. The van der Waals surface area contributed by atoms with Crippen LogP contribution in [0, 0.1) is 5.41 Å². The summed E-state index contributed by atoms with van der Waals surface area (Å²) in [6.07, 6.45) is 3.38. The molecular formula is C23H26N4O2. The fraction of sp³-hybridized carbons (Fsp3) is 0.348. The van der Waals surface area contributed by atoms with Crippen LogP contribution in [0.3, 0.4) is 0 Å². The lowest BCUT2D eigenvalue weighted by Crippen LogP contribution is -2.51. The van der Waals surface area contributed by atoms with Crippen molar-refractivity contribution < 1.29 is 5.11 Å². The summed E-state index contributed by atoms with van der Waals surface area (Å²) < 4.78 is 1.72. The molecule has 1 aromatic carbocycles. The summed E-state index contributed by atoms with van der Waals surface area (Å²) >= 11 is 0. The number of aliphatic hydroxyl groups is 1. The van der Waals surface area contributed by atoms with Gasteiger partial charge in [0, 0.05) is 42.5 Å². The highest BCUT2D eigenvalue weighted by atomic mass is 16.3. The van der Waals surface area contributed by atoms with E-state index in [-0.39, 0.29) is 11.0 Å². The van der Waals surface area contributed by atoms with Crippen LogP contribution in [-0.2, 0) is 12.1 Å². The minimum absolute atomic E-state index is 0.0843. The third kappa shape index (κ3) is 3.93. The number of hydrogen-bond acceptors (Lipinski definition) is 5. The number of benzene rings is 1. The smallest absolute Gasteiger partial charge is 0.255 e. The minimum atomic E-state index is -1.08. The van der Waals surface area contributed by atoms with E-state index in [2.05, 4.69) is 18.8 Å². The first-order valence-electron chi connectivity index (χ1n) is 9.80. The molecule has 1 aliphatic heterocycles. The minimum Gasteiger partial charge on any atom is -0.384 e. The topological polar surface area (TPSA) is 71.2 Å². The number of aromatic nitrogens is 3. The third-order valence-electron chi connectivity index (χ3n) is 5.35. The summed E-state index contributed by atoms with van der Waals surface area (Å²) in [5, 5.41) is 11.2. The molecule has 1 N–H and O–H groups in total. The van der Waals surface area contributed by atoms with Crippen LogP contribution in [0.2, 0.25) is 0 Å². The van der Waals surface area contributed by atoms with Gasteiger partial charge in [-0.05, 0) is 24.6 Å². The fourth-order valence-electron chi connectivity index (χ4n) is 4.01. The zero-order valence-electron chi connectivity index (χ0n) is 17.0. The van der Waals surface area contributed by atoms with Gasteiger partial charge in [-0.15, -0.1) is 0 Å². The van der Waals surface area contributed by atoms with Gasteiger partial charge >= 0.3 is 0 Å². The molecule has 0 aliphatic carbocycles. The van der Waals surface area contributed by atoms with Crippen molar-refractivity contribution in [2.24, 2.45) is 5.41 Å². The maximum Gasteiger partial charge on any atom is 0.255 e. The summed E-state index contributed by atoms with van der Waals surface area (Å²) in [7, 11) is 0. The molecule has 4 rings (SSSR count). The Morgan fingerprint density at radius 3 is 2.48 bits per heavy atom.